The molecule has 120 valence electrons. The van der Waals surface area contributed by atoms with Crippen LogP contribution in [0.1, 0.15) is 10.8 Å². The zero-order chi connectivity index (χ0) is 17.0. The van der Waals surface area contributed by atoms with Crippen LogP contribution in [0.4, 0.5) is 4.79 Å². The fourth-order valence-electron chi connectivity index (χ4n) is 1.96. The lowest BCUT2D eigenvalue weighted by Crippen LogP contribution is -2.20. The van der Waals surface area contributed by atoms with E-state index >= 15 is 0 Å². The van der Waals surface area contributed by atoms with E-state index in [4.69, 9.17) is 11.6 Å². The predicted molar refractivity (Wildman–Crippen MR) is 93.9 cm³/mol. The van der Waals surface area contributed by atoms with Crippen molar-refractivity contribution in [3.63, 3.8) is 0 Å². The van der Waals surface area contributed by atoms with Crippen molar-refractivity contribution < 1.29 is 14.7 Å². The monoisotopic (exact) mass is 349 g/mol. The van der Waals surface area contributed by atoms with Crippen LogP contribution in [0.3, 0.4) is 0 Å². The van der Waals surface area contributed by atoms with Gasteiger partial charge >= 0.3 is 5.97 Å². The van der Waals surface area contributed by atoms with E-state index < -0.39 is 11.2 Å². The Morgan fingerprint density at radius 2 is 1.48 bits per heavy atom. The average Bonchev–Trinajstić information content (AvgIpc) is 2.53. The molecule has 2 rings (SSSR count). The zero-order valence-electron chi connectivity index (χ0n) is 12.7. The summed E-state index contributed by atoms with van der Waals surface area (Å²) in [6, 6.07) is 14.6. The van der Waals surface area contributed by atoms with Crippen LogP contribution < -0.4 is 0 Å². The number of amides is 1. The number of aliphatic carboxylic acids is 1. The maximum atomic E-state index is 11.8. The van der Waals surface area contributed by atoms with Crippen LogP contribution in [0.15, 0.2) is 48.5 Å². The molecule has 1 unspecified atom stereocenters. The van der Waals surface area contributed by atoms with Gasteiger partial charge in [0.1, 0.15) is 5.25 Å². The smallest absolute Gasteiger partial charge is 0.321 e. The van der Waals surface area contributed by atoms with Crippen molar-refractivity contribution in [2.45, 2.75) is 5.25 Å². The Hall–Kier alpha value is -1.98. The van der Waals surface area contributed by atoms with Gasteiger partial charge in [0.25, 0.3) is 5.24 Å². The third kappa shape index (κ3) is 4.50. The van der Waals surface area contributed by atoms with E-state index in [0.717, 1.165) is 22.9 Å². The van der Waals surface area contributed by atoms with E-state index in [0.29, 0.717) is 10.6 Å². The Morgan fingerprint density at radius 1 is 1.00 bits per heavy atom. The lowest BCUT2D eigenvalue weighted by molar-refractivity contribution is -0.136. The van der Waals surface area contributed by atoms with Gasteiger partial charge in [0.15, 0.2) is 0 Å². The molecule has 0 aliphatic carbocycles. The Morgan fingerprint density at radius 3 is 1.91 bits per heavy atom. The Balaban J connectivity index is 2.23. The number of carbonyl (C=O) groups is 2. The first-order valence-electron chi connectivity index (χ1n) is 6.85. The molecule has 0 aliphatic rings. The summed E-state index contributed by atoms with van der Waals surface area (Å²) < 4.78 is 0. The highest BCUT2D eigenvalue weighted by atomic mass is 35.5. The van der Waals surface area contributed by atoms with Gasteiger partial charge in [0.05, 0.1) is 0 Å². The summed E-state index contributed by atoms with van der Waals surface area (Å²) in [5, 5.41) is 8.81. The van der Waals surface area contributed by atoms with Crippen molar-refractivity contribution in [2.75, 3.05) is 14.1 Å². The molecule has 0 radical (unpaired) electrons. The predicted octanol–water partition coefficient (Wildman–Crippen LogP) is 4.55. The van der Waals surface area contributed by atoms with Crippen molar-refractivity contribution in [1.82, 2.24) is 4.90 Å². The molecule has 0 heterocycles. The average molecular weight is 350 g/mol. The van der Waals surface area contributed by atoms with Crippen molar-refractivity contribution in [3.8, 4) is 11.1 Å². The molecule has 2 aromatic carbocycles. The Bertz CT molecular complexity index is 699. The highest BCUT2D eigenvalue weighted by molar-refractivity contribution is 8.14. The van der Waals surface area contributed by atoms with E-state index in [1.54, 1.807) is 38.4 Å². The molecule has 6 heteroatoms. The van der Waals surface area contributed by atoms with E-state index in [2.05, 4.69) is 0 Å². The zero-order valence-corrected chi connectivity index (χ0v) is 14.3. The lowest BCUT2D eigenvalue weighted by atomic mass is 10.0. The van der Waals surface area contributed by atoms with Crippen LogP contribution in [0.25, 0.3) is 11.1 Å². The molecule has 1 N–H and O–H groups in total. The van der Waals surface area contributed by atoms with E-state index in [9.17, 15) is 14.7 Å². The molecule has 4 nitrogen and oxygen atoms in total. The molecule has 0 aromatic heterocycles. The van der Waals surface area contributed by atoms with Crippen LogP contribution in [0, 0.1) is 0 Å². The molecule has 0 saturated heterocycles. The fraction of sp³-hybridized carbons (Fsp3) is 0.176. The summed E-state index contributed by atoms with van der Waals surface area (Å²) in [7, 11) is 3.19. The summed E-state index contributed by atoms with van der Waals surface area (Å²) in [5.74, 6) is -1.04. The third-order valence-corrected chi connectivity index (χ3v) is 4.73. The largest absolute Gasteiger partial charge is 0.480 e. The quantitative estimate of drug-likeness (QED) is 0.879. The van der Waals surface area contributed by atoms with Crippen LogP contribution in [0.2, 0.25) is 5.02 Å². The van der Waals surface area contributed by atoms with Gasteiger partial charge in [0.2, 0.25) is 0 Å². The summed E-state index contributed by atoms with van der Waals surface area (Å²) in [6.07, 6.45) is 0. The lowest BCUT2D eigenvalue weighted by Gasteiger charge is -2.15. The Labute approximate surface area is 144 Å². The van der Waals surface area contributed by atoms with Crippen LogP contribution in [0.5, 0.6) is 0 Å². The molecular formula is C17H16ClNO3S. The van der Waals surface area contributed by atoms with Crippen molar-refractivity contribution in [2.24, 2.45) is 0 Å². The van der Waals surface area contributed by atoms with Crippen LogP contribution >= 0.6 is 23.4 Å². The first-order valence-corrected chi connectivity index (χ1v) is 8.11. The number of nitrogens with zero attached hydrogens (tertiary/aromatic N) is 1. The van der Waals surface area contributed by atoms with Gasteiger partial charge in [-0.15, -0.1) is 0 Å². The minimum absolute atomic E-state index is 0.292. The van der Waals surface area contributed by atoms with Gasteiger partial charge in [0, 0.05) is 19.1 Å². The molecule has 23 heavy (non-hydrogen) atoms. The number of carboxylic acid groups (broad SMARTS) is 1. The number of hydrogen-bond donors (Lipinski definition) is 1. The minimum Gasteiger partial charge on any atom is -0.480 e. The molecule has 2 aromatic rings. The molecule has 0 aliphatic heterocycles. The van der Waals surface area contributed by atoms with Gasteiger partial charge in [-0.1, -0.05) is 48.0 Å². The van der Waals surface area contributed by atoms with E-state index in [1.807, 2.05) is 24.3 Å². The first-order chi connectivity index (χ1) is 10.9. The number of carbonyl (C=O) groups excluding carboxylic acids is 1. The summed E-state index contributed by atoms with van der Waals surface area (Å²) >= 11 is 6.66. The van der Waals surface area contributed by atoms with Gasteiger partial charge in [-0.3, -0.25) is 9.59 Å². The highest BCUT2D eigenvalue weighted by Gasteiger charge is 2.25. The first kappa shape index (κ1) is 17.4. The standard InChI is InChI=1S/C17H16ClNO3S/c1-19(2)17(22)23-15(16(20)21)13-5-3-11(4-6-13)12-7-9-14(18)10-8-12/h3-10,15H,1-2H3,(H,20,21). The van der Waals surface area contributed by atoms with Crippen LogP contribution in [-0.2, 0) is 4.79 Å². The fourth-order valence-corrected chi connectivity index (χ4v) is 2.89. The molecular weight excluding hydrogens is 334 g/mol. The number of benzene rings is 2. The van der Waals surface area contributed by atoms with Gasteiger partial charge in [-0.25, -0.2) is 0 Å². The van der Waals surface area contributed by atoms with Gasteiger partial charge in [-0.2, -0.15) is 0 Å². The molecule has 0 saturated carbocycles. The topological polar surface area (TPSA) is 57.6 Å². The second-order valence-corrected chi connectivity index (χ2v) is 6.62. The maximum Gasteiger partial charge on any atom is 0.321 e. The van der Waals surface area contributed by atoms with Crippen molar-refractivity contribution >= 4 is 34.6 Å². The normalized spacial score (nSPS) is 11.8. The van der Waals surface area contributed by atoms with Crippen molar-refractivity contribution in [1.29, 1.82) is 0 Å². The molecule has 1 amide bonds. The molecule has 0 bridgehead atoms. The van der Waals surface area contributed by atoms with Gasteiger partial charge in [-0.05, 0) is 40.6 Å². The second kappa shape index (κ2) is 7.53. The minimum atomic E-state index is -1.04. The third-order valence-electron chi connectivity index (χ3n) is 3.20. The number of hydrogen-bond acceptors (Lipinski definition) is 3. The highest BCUT2D eigenvalue weighted by Crippen LogP contribution is 2.32. The number of thioether (sulfide) groups is 1. The molecule has 1 atom stereocenters. The maximum absolute atomic E-state index is 11.8. The summed E-state index contributed by atoms with van der Waals surface area (Å²) in [5.41, 5.74) is 2.53. The SMILES string of the molecule is CN(C)C(=O)SC(C(=O)O)c1ccc(-c2ccc(Cl)cc2)cc1. The van der Waals surface area contributed by atoms with Crippen molar-refractivity contribution in [3.05, 3.63) is 59.1 Å². The number of carboxylic acids is 1. The summed E-state index contributed by atoms with van der Waals surface area (Å²) in [6.45, 7) is 0. The van der Waals surface area contributed by atoms with E-state index in [-0.39, 0.29) is 5.24 Å². The van der Waals surface area contributed by atoms with E-state index in [1.165, 1.54) is 4.90 Å². The molecule has 0 fully saturated rings. The number of halogens is 1. The Kier molecular flexibility index (Phi) is 5.69. The van der Waals surface area contributed by atoms with Crippen LogP contribution in [-0.4, -0.2) is 35.3 Å². The second-order valence-electron chi connectivity index (χ2n) is 5.13. The molecule has 0 spiro atoms. The number of rotatable bonds is 4. The van der Waals surface area contributed by atoms with Gasteiger partial charge < -0.3 is 10.0 Å². The summed E-state index contributed by atoms with van der Waals surface area (Å²) in [4.78, 5) is 24.6.